The molecule has 0 bridgehead atoms. The van der Waals surface area contributed by atoms with E-state index in [-0.39, 0.29) is 5.41 Å². The zero-order chi connectivity index (χ0) is 8.48. The average molecular weight is 170 g/mol. The van der Waals surface area contributed by atoms with E-state index in [4.69, 9.17) is 4.74 Å². The van der Waals surface area contributed by atoms with Gasteiger partial charge in [0.2, 0.25) is 0 Å². The number of ether oxygens (including phenoxy) is 1. The summed E-state index contributed by atoms with van der Waals surface area (Å²) in [6.07, 6.45) is 0. The van der Waals surface area contributed by atoms with Gasteiger partial charge in [-0.1, -0.05) is 20.8 Å². The van der Waals surface area contributed by atoms with Gasteiger partial charge in [-0.3, -0.25) is 0 Å². The summed E-state index contributed by atoms with van der Waals surface area (Å²) in [6, 6.07) is 4.15. The van der Waals surface area contributed by atoms with Crippen LogP contribution >= 0.6 is 11.3 Å². The van der Waals surface area contributed by atoms with Crippen LogP contribution < -0.4 is 4.74 Å². The molecule has 0 atom stereocenters. The van der Waals surface area contributed by atoms with E-state index in [1.807, 2.05) is 6.07 Å². The maximum Gasteiger partial charge on any atom is 0.173 e. The van der Waals surface area contributed by atoms with Crippen molar-refractivity contribution < 1.29 is 4.74 Å². The topological polar surface area (TPSA) is 9.23 Å². The molecule has 0 aliphatic rings. The molecular weight excluding hydrogens is 156 g/mol. The Balaban J connectivity index is 2.89. The fourth-order valence-corrected chi connectivity index (χ4v) is 1.71. The lowest BCUT2D eigenvalue weighted by atomic mass is 9.95. The fraction of sp³-hybridized carbons (Fsp3) is 0.556. The van der Waals surface area contributed by atoms with Gasteiger partial charge in [-0.15, -0.1) is 11.3 Å². The molecule has 0 amide bonds. The van der Waals surface area contributed by atoms with Crippen molar-refractivity contribution >= 4 is 11.3 Å². The molecule has 0 radical (unpaired) electrons. The first-order valence-electron chi connectivity index (χ1n) is 3.68. The van der Waals surface area contributed by atoms with Crippen molar-refractivity contribution in [3.05, 3.63) is 17.0 Å². The molecule has 1 aromatic heterocycles. The Kier molecular flexibility index (Phi) is 2.23. The fourth-order valence-electron chi connectivity index (χ4n) is 0.833. The SMILES string of the molecule is COc1ccc(C(C)(C)C)s1. The second-order valence-electron chi connectivity index (χ2n) is 3.57. The van der Waals surface area contributed by atoms with E-state index in [2.05, 4.69) is 26.8 Å². The van der Waals surface area contributed by atoms with Crippen molar-refractivity contribution in [1.82, 2.24) is 0 Å². The molecular formula is C9H14OS. The Hall–Kier alpha value is -0.500. The smallest absolute Gasteiger partial charge is 0.173 e. The van der Waals surface area contributed by atoms with Gasteiger partial charge >= 0.3 is 0 Å². The first-order chi connectivity index (χ1) is 5.04. The number of methoxy groups -OCH3 is 1. The molecule has 0 fully saturated rings. The van der Waals surface area contributed by atoms with Crippen LogP contribution in [-0.4, -0.2) is 7.11 Å². The minimum Gasteiger partial charge on any atom is -0.487 e. The van der Waals surface area contributed by atoms with E-state index in [0.29, 0.717) is 0 Å². The van der Waals surface area contributed by atoms with E-state index in [1.165, 1.54) is 4.88 Å². The van der Waals surface area contributed by atoms with E-state index in [1.54, 1.807) is 18.4 Å². The summed E-state index contributed by atoms with van der Waals surface area (Å²) in [6.45, 7) is 6.62. The molecule has 2 heteroatoms. The average Bonchev–Trinajstić information content (AvgIpc) is 2.32. The minimum atomic E-state index is 0.251. The Morgan fingerprint density at radius 2 is 1.91 bits per heavy atom. The minimum absolute atomic E-state index is 0.251. The molecule has 0 aliphatic carbocycles. The second-order valence-corrected chi connectivity index (χ2v) is 4.62. The molecule has 0 aromatic carbocycles. The number of hydrogen-bond donors (Lipinski definition) is 0. The molecule has 0 N–H and O–H groups in total. The molecule has 11 heavy (non-hydrogen) atoms. The highest BCUT2D eigenvalue weighted by atomic mass is 32.1. The lowest BCUT2D eigenvalue weighted by molar-refractivity contribution is 0.427. The summed E-state index contributed by atoms with van der Waals surface area (Å²) in [5.41, 5.74) is 0.251. The van der Waals surface area contributed by atoms with Crippen LogP contribution in [0.25, 0.3) is 0 Å². The molecule has 1 nitrogen and oxygen atoms in total. The zero-order valence-electron chi connectivity index (χ0n) is 7.47. The van der Waals surface area contributed by atoms with Crippen LogP contribution in [0.4, 0.5) is 0 Å². The summed E-state index contributed by atoms with van der Waals surface area (Å²) in [7, 11) is 1.71. The summed E-state index contributed by atoms with van der Waals surface area (Å²) in [5.74, 6) is 0. The van der Waals surface area contributed by atoms with E-state index in [0.717, 1.165) is 5.06 Å². The summed E-state index contributed by atoms with van der Waals surface area (Å²) in [5, 5.41) is 0.995. The van der Waals surface area contributed by atoms with Crippen molar-refractivity contribution in [2.45, 2.75) is 26.2 Å². The number of rotatable bonds is 1. The molecule has 0 spiro atoms. The van der Waals surface area contributed by atoms with Gasteiger partial charge in [-0.2, -0.15) is 0 Å². The van der Waals surface area contributed by atoms with Crippen LogP contribution in [0, 0.1) is 0 Å². The third kappa shape index (κ3) is 1.96. The highest BCUT2D eigenvalue weighted by Gasteiger charge is 2.15. The Bertz CT molecular complexity index is 232. The maximum absolute atomic E-state index is 5.11. The largest absolute Gasteiger partial charge is 0.487 e. The normalized spacial score (nSPS) is 11.6. The van der Waals surface area contributed by atoms with Gasteiger partial charge in [-0.25, -0.2) is 0 Å². The molecule has 1 rings (SSSR count). The van der Waals surface area contributed by atoms with E-state index < -0.39 is 0 Å². The summed E-state index contributed by atoms with van der Waals surface area (Å²) < 4.78 is 5.11. The Labute approximate surface area is 72.0 Å². The highest BCUT2D eigenvalue weighted by Crippen LogP contribution is 2.33. The van der Waals surface area contributed by atoms with Crippen molar-refractivity contribution in [2.24, 2.45) is 0 Å². The van der Waals surface area contributed by atoms with Crippen LogP contribution in [-0.2, 0) is 5.41 Å². The monoisotopic (exact) mass is 170 g/mol. The van der Waals surface area contributed by atoms with Crippen molar-refractivity contribution in [1.29, 1.82) is 0 Å². The van der Waals surface area contributed by atoms with Crippen molar-refractivity contribution in [2.75, 3.05) is 7.11 Å². The Morgan fingerprint density at radius 1 is 1.27 bits per heavy atom. The van der Waals surface area contributed by atoms with Crippen LogP contribution in [0.2, 0.25) is 0 Å². The van der Waals surface area contributed by atoms with Crippen LogP contribution in [0.15, 0.2) is 12.1 Å². The maximum atomic E-state index is 5.11. The lowest BCUT2D eigenvalue weighted by Gasteiger charge is -2.14. The zero-order valence-corrected chi connectivity index (χ0v) is 8.29. The van der Waals surface area contributed by atoms with E-state index in [9.17, 15) is 0 Å². The van der Waals surface area contributed by atoms with Gasteiger partial charge in [0.1, 0.15) is 0 Å². The van der Waals surface area contributed by atoms with Gasteiger partial charge in [0, 0.05) is 4.88 Å². The molecule has 0 saturated carbocycles. The van der Waals surface area contributed by atoms with Gasteiger partial charge in [0.25, 0.3) is 0 Å². The lowest BCUT2D eigenvalue weighted by Crippen LogP contribution is -2.07. The molecule has 0 aliphatic heterocycles. The summed E-state index contributed by atoms with van der Waals surface area (Å²) >= 11 is 1.72. The molecule has 0 saturated heterocycles. The van der Waals surface area contributed by atoms with Gasteiger partial charge in [-0.05, 0) is 17.5 Å². The first kappa shape index (κ1) is 8.60. The second kappa shape index (κ2) is 2.86. The van der Waals surface area contributed by atoms with Crippen LogP contribution in [0.1, 0.15) is 25.6 Å². The predicted molar refractivity (Wildman–Crippen MR) is 49.6 cm³/mol. The molecule has 0 unspecified atom stereocenters. The molecule has 1 heterocycles. The predicted octanol–water partition coefficient (Wildman–Crippen LogP) is 3.05. The van der Waals surface area contributed by atoms with Crippen molar-refractivity contribution in [3.8, 4) is 5.06 Å². The van der Waals surface area contributed by atoms with Crippen LogP contribution in [0.5, 0.6) is 5.06 Å². The Morgan fingerprint density at radius 3 is 2.18 bits per heavy atom. The summed E-state index contributed by atoms with van der Waals surface area (Å²) in [4.78, 5) is 1.37. The molecule has 62 valence electrons. The first-order valence-corrected chi connectivity index (χ1v) is 4.50. The number of thiophene rings is 1. The molecule has 1 aromatic rings. The number of hydrogen-bond acceptors (Lipinski definition) is 2. The van der Waals surface area contributed by atoms with Crippen molar-refractivity contribution in [3.63, 3.8) is 0 Å². The quantitative estimate of drug-likeness (QED) is 0.629. The highest BCUT2D eigenvalue weighted by molar-refractivity contribution is 7.14. The van der Waals surface area contributed by atoms with Gasteiger partial charge in [0.15, 0.2) is 5.06 Å². The third-order valence-corrected chi connectivity index (χ3v) is 2.99. The third-order valence-electron chi connectivity index (χ3n) is 1.52. The van der Waals surface area contributed by atoms with Gasteiger partial charge in [0.05, 0.1) is 7.11 Å². The standard InChI is InChI=1S/C9H14OS/c1-9(2,3)7-5-6-8(10-4)11-7/h5-6H,1-4H3. The van der Waals surface area contributed by atoms with Gasteiger partial charge < -0.3 is 4.74 Å². The van der Waals surface area contributed by atoms with E-state index >= 15 is 0 Å². The van der Waals surface area contributed by atoms with Crippen LogP contribution in [0.3, 0.4) is 0 Å².